The summed E-state index contributed by atoms with van der Waals surface area (Å²) in [5.41, 5.74) is 0.299. The number of fused-ring (bicyclic) bond motifs is 1. The molecule has 2 N–H and O–H groups in total. The maximum Gasteiger partial charge on any atom is 0.257 e. The van der Waals surface area contributed by atoms with Gasteiger partial charge in [-0.1, -0.05) is 30.3 Å². The van der Waals surface area contributed by atoms with Crippen molar-refractivity contribution < 1.29 is 15.0 Å². The number of phenolic OH excluding ortho intramolecular Hbond substituents is 1. The van der Waals surface area contributed by atoms with E-state index in [2.05, 4.69) is 0 Å². The average Bonchev–Trinajstić information content (AvgIpc) is 2.85. The molecule has 1 aliphatic rings. The molecule has 1 saturated heterocycles. The number of benzene rings is 2. The monoisotopic (exact) mass is 257 g/mol. The second kappa shape index (κ2) is 4.55. The first-order chi connectivity index (χ1) is 9.16. The second-order valence-corrected chi connectivity index (χ2v) is 4.88. The van der Waals surface area contributed by atoms with Crippen LogP contribution in [0.1, 0.15) is 16.8 Å². The molecule has 4 heteroatoms. The third-order valence-corrected chi connectivity index (χ3v) is 3.58. The van der Waals surface area contributed by atoms with Crippen molar-refractivity contribution in [2.45, 2.75) is 12.5 Å². The molecule has 0 saturated carbocycles. The van der Waals surface area contributed by atoms with Crippen LogP contribution in [0.5, 0.6) is 5.75 Å². The van der Waals surface area contributed by atoms with Crippen molar-refractivity contribution in [2.75, 3.05) is 13.1 Å². The summed E-state index contributed by atoms with van der Waals surface area (Å²) >= 11 is 0. The molecule has 0 aliphatic carbocycles. The van der Waals surface area contributed by atoms with E-state index < -0.39 is 6.10 Å². The Labute approximate surface area is 110 Å². The van der Waals surface area contributed by atoms with Crippen LogP contribution in [0.4, 0.5) is 0 Å². The molecule has 1 amide bonds. The highest BCUT2D eigenvalue weighted by atomic mass is 16.3. The fourth-order valence-corrected chi connectivity index (χ4v) is 2.52. The van der Waals surface area contributed by atoms with E-state index in [1.165, 1.54) is 0 Å². The highest BCUT2D eigenvalue weighted by Gasteiger charge is 2.27. The van der Waals surface area contributed by atoms with Crippen molar-refractivity contribution in [1.29, 1.82) is 0 Å². The molecule has 0 unspecified atom stereocenters. The first-order valence-electron chi connectivity index (χ1n) is 6.35. The molecule has 4 nitrogen and oxygen atoms in total. The molecular weight excluding hydrogens is 242 g/mol. The summed E-state index contributed by atoms with van der Waals surface area (Å²) in [4.78, 5) is 13.9. The summed E-state index contributed by atoms with van der Waals surface area (Å²) in [6, 6.07) is 10.9. The van der Waals surface area contributed by atoms with Gasteiger partial charge in [0.25, 0.3) is 5.91 Å². The number of amides is 1. The summed E-state index contributed by atoms with van der Waals surface area (Å²) in [5, 5.41) is 21.3. The normalized spacial score (nSPS) is 19.0. The molecular formula is C15H15NO3. The van der Waals surface area contributed by atoms with Gasteiger partial charge in [-0.2, -0.15) is 0 Å². The van der Waals surface area contributed by atoms with E-state index in [1.54, 1.807) is 17.0 Å². The lowest BCUT2D eigenvalue weighted by Crippen LogP contribution is -2.29. The fraction of sp³-hybridized carbons (Fsp3) is 0.267. The van der Waals surface area contributed by atoms with Crippen molar-refractivity contribution in [1.82, 2.24) is 4.90 Å². The number of β-amino-alcohol motifs (C(OH)–C–C–N with tert-alkyl or cyclic N) is 1. The largest absolute Gasteiger partial charge is 0.506 e. The van der Waals surface area contributed by atoms with Gasteiger partial charge in [0.2, 0.25) is 0 Å². The summed E-state index contributed by atoms with van der Waals surface area (Å²) in [7, 11) is 0. The number of carbonyl (C=O) groups is 1. The summed E-state index contributed by atoms with van der Waals surface area (Å²) in [6.07, 6.45) is 0.145. The molecule has 1 atom stereocenters. The molecule has 3 rings (SSSR count). The molecule has 1 heterocycles. The molecule has 0 aromatic heterocycles. The zero-order valence-electron chi connectivity index (χ0n) is 10.4. The van der Waals surface area contributed by atoms with Gasteiger partial charge in [-0.05, 0) is 17.9 Å². The number of aromatic hydroxyl groups is 1. The number of phenols is 1. The van der Waals surface area contributed by atoms with E-state index in [-0.39, 0.29) is 11.7 Å². The highest BCUT2D eigenvalue weighted by molar-refractivity contribution is 6.03. The smallest absolute Gasteiger partial charge is 0.257 e. The minimum atomic E-state index is -0.452. The van der Waals surface area contributed by atoms with E-state index >= 15 is 0 Å². The van der Waals surface area contributed by atoms with Gasteiger partial charge in [-0.15, -0.1) is 0 Å². The number of nitrogens with zero attached hydrogens (tertiary/aromatic N) is 1. The lowest BCUT2D eigenvalue weighted by Gasteiger charge is -2.17. The predicted molar refractivity (Wildman–Crippen MR) is 72.1 cm³/mol. The zero-order valence-corrected chi connectivity index (χ0v) is 10.4. The molecule has 2 aromatic carbocycles. The maximum absolute atomic E-state index is 12.3. The van der Waals surface area contributed by atoms with Crippen LogP contribution in [-0.2, 0) is 0 Å². The molecule has 98 valence electrons. The van der Waals surface area contributed by atoms with Gasteiger partial charge in [0.05, 0.1) is 11.7 Å². The standard InChI is InChI=1S/C15H15NO3/c17-11-7-8-16(9-11)15(19)13-6-5-10-3-1-2-4-12(10)14(13)18/h1-6,11,17-18H,7-9H2/t11-/m1/s1. The third kappa shape index (κ3) is 2.04. The van der Waals surface area contributed by atoms with Crippen LogP contribution >= 0.6 is 0 Å². The van der Waals surface area contributed by atoms with Crippen molar-refractivity contribution in [3.63, 3.8) is 0 Å². The van der Waals surface area contributed by atoms with E-state index in [1.807, 2.05) is 24.3 Å². The molecule has 19 heavy (non-hydrogen) atoms. The average molecular weight is 257 g/mol. The number of hydrogen-bond acceptors (Lipinski definition) is 3. The van der Waals surface area contributed by atoms with Crippen LogP contribution in [-0.4, -0.2) is 40.2 Å². The number of likely N-dealkylation sites (tertiary alicyclic amines) is 1. The van der Waals surface area contributed by atoms with Crippen LogP contribution in [0, 0.1) is 0 Å². The Morgan fingerprint density at radius 1 is 1.21 bits per heavy atom. The van der Waals surface area contributed by atoms with Crippen LogP contribution in [0.15, 0.2) is 36.4 Å². The van der Waals surface area contributed by atoms with Crippen LogP contribution in [0.25, 0.3) is 10.8 Å². The molecule has 0 spiro atoms. The van der Waals surface area contributed by atoms with E-state index in [0.29, 0.717) is 30.5 Å². The van der Waals surface area contributed by atoms with Gasteiger partial charge >= 0.3 is 0 Å². The summed E-state index contributed by atoms with van der Waals surface area (Å²) < 4.78 is 0. The Kier molecular flexibility index (Phi) is 2.87. The van der Waals surface area contributed by atoms with Gasteiger partial charge in [-0.25, -0.2) is 0 Å². The minimum Gasteiger partial charge on any atom is -0.506 e. The van der Waals surface area contributed by atoms with Crippen LogP contribution in [0.3, 0.4) is 0 Å². The quantitative estimate of drug-likeness (QED) is 0.818. The lowest BCUT2D eigenvalue weighted by molar-refractivity contribution is 0.0762. The highest BCUT2D eigenvalue weighted by Crippen LogP contribution is 2.30. The van der Waals surface area contributed by atoms with Crippen LogP contribution < -0.4 is 0 Å². The number of carbonyl (C=O) groups excluding carboxylic acids is 1. The lowest BCUT2D eigenvalue weighted by atomic mass is 10.0. The van der Waals surface area contributed by atoms with Crippen LogP contribution in [0.2, 0.25) is 0 Å². The van der Waals surface area contributed by atoms with E-state index in [4.69, 9.17) is 0 Å². The van der Waals surface area contributed by atoms with Gasteiger partial charge in [0, 0.05) is 18.5 Å². The Bertz CT molecular complexity index is 638. The predicted octanol–water partition coefficient (Wildman–Crippen LogP) is 1.75. The maximum atomic E-state index is 12.3. The van der Waals surface area contributed by atoms with Gasteiger partial charge < -0.3 is 15.1 Å². The second-order valence-electron chi connectivity index (χ2n) is 4.88. The van der Waals surface area contributed by atoms with Gasteiger partial charge in [0.15, 0.2) is 0 Å². The van der Waals surface area contributed by atoms with Crippen molar-refractivity contribution >= 4 is 16.7 Å². The first-order valence-corrected chi connectivity index (χ1v) is 6.35. The van der Waals surface area contributed by atoms with Gasteiger partial charge in [0.1, 0.15) is 5.75 Å². The third-order valence-electron chi connectivity index (χ3n) is 3.58. The Balaban J connectivity index is 2.01. The number of hydrogen-bond donors (Lipinski definition) is 2. The zero-order chi connectivity index (χ0) is 13.4. The number of rotatable bonds is 1. The molecule has 1 aliphatic heterocycles. The Hall–Kier alpha value is -2.07. The van der Waals surface area contributed by atoms with Crippen molar-refractivity contribution in [2.24, 2.45) is 0 Å². The molecule has 1 fully saturated rings. The molecule has 2 aromatic rings. The molecule has 0 radical (unpaired) electrons. The fourth-order valence-electron chi connectivity index (χ4n) is 2.52. The van der Waals surface area contributed by atoms with Crippen molar-refractivity contribution in [3.8, 4) is 5.75 Å². The Morgan fingerprint density at radius 2 is 2.00 bits per heavy atom. The summed E-state index contributed by atoms with van der Waals surface area (Å²) in [5.74, 6) is -0.204. The van der Waals surface area contributed by atoms with E-state index in [9.17, 15) is 15.0 Å². The van der Waals surface area contributed by atoms with Gasteiger partial charge in [-0.3, -0.25) is 4.79 Å². The Morgan fingerprint density at radius 3 is 2.74 bits per heavy atom. The minimum absolute atomic E-state index is 0.0180. The number of aliphatic hydroxyl groups is 1. The topological polar surface area (TPSA) is 60.8 Å². The van der Waals surface area contributed by atoms with E-state index in [0.717, 1.165) is 5.39 Å². The first kappa shape index (κ1) is 12.0. The van der Waals surface area contributed by atoms with Crippen molar-refractivity contribution in [3.05, 3.63) is 42.0 Å². The summed E-state index contributed by atoms with van der Waals surface area (Å²) in [6.45, 7) is 0.872. The number of aliphatic hydroxyl groups excluding tert-OH is 1. The SMILES string of the molecule is O=C(c1ccc2ccccc2c1O)N1CC[C@@H](O)C1. The molecule has 0 bridgehead atoms.